The molecule has 6 heterocycles. The standard InChI is InChI=1S/C46H28N2S4/c1-3-41(49-21-1)43-19-13-31(51-43)11-5-27-7-15-33-29(23-27)9-17-35-37-25-40-38(26-39(37)47-45(33)35)36-18-10-30-24-28(8-16-34(30)46(36)48-40)6-12-32-14-20-44(52-32)42-4-2-22-50-42/h1-26,47-48H/b11-5+,12-6?. The molecule has 0 bridgehead atoms. The van der Waals surface area contributed by atoms with Crippen LogP contribution in [-0.4, -0.2) is 9.97 Å². The van der Waals surface area contributed by atoms with Crippen LogP contribution in [0.1, 0.15) is 20.9 Å². The highest BCUT2D eigenvalue weighted by molar-refractivity contribution is 7.22. The third-order valence-electron chi connectivity index (χ3n) is 10.0. The van der Waals surface area contributed by atoms with Crippen molar-refractivity contribution < 1.29 is 0 Å². The van der Waals surface area contributed by atoms with Gasteiger partial charge >= 0.3 is 0 Å². The van der Waals surface area contributed by atoms with Crippen molar-refractivity contribution in [2.75, 3.05) is 0 Å². The van der Waals surface area contributed by atoms with E-state index >= 15 is 0 Å². The molecule has 246 valence electrons. The summed E-state index contributed by atoms with van der Waals surface area (Å²) >= 11 is 7.25. The predicted octanol–water partition coefficient (Wildman–Crippen LogP) is 15.2. The minimum atomic E-state index is 1.16. The highest BCUT2D eigenvalue weighted by Gasteiger charge is 2.14. The highest BCUT2D eigenvalue weighted by Crippen LogP contribution is 2.39. The highest BCUT2D eigenvalue weighted by atomic mass is 32.1. The second kappa shape index (κ2) is 12.0. The van der Waals surface area contributed by atoms with Gasteiger partial charge in [0, 0.05) is 72.6 Å². The number of thiophene rings is 4. The minimum Gasteiger partial charge on any atom is -0.354 e. The van der Waals surface area contributed by atoms with E-state index in [1.165, 1.54) is 94.5 Å². The first-order chi connectivity index (χ1) is 25.7. The Morgan fingerprint density at radius 3 is 1.33 bits per heavy atom. The Bertz CT molecular complexity index is 2960. The molecule has 2 N–H and O–H groups in total. The van der Waals surface area contributed by atoms with E-state index in [2.05, 4.69) is 166 Å². The van der Waals surface area contributed by atoms with Crippen LogP contribution in [0.2, 0.25) is 0 Å². The molecule has 0 aliphatic carbocycles. The molecule has 0 unspecified atom stereocenters. The van der Waals surface area contributed by atoms with Crippen LogP contribution in [0.15, 0.2) is 132 Å². The van der Waals surface area contributed by atoms with E-state index in [4.69, 9.17) is 0 Å². The number of hydrogen-bond donors (Lipinski definition) is 2. The van der Waals surface area contributed by atoms with Gasteiger partial charge in [-0.3, -0.25) is 0 Å². The van der Waals surface area contributed by atoms with E-state index in [0.717, 1.165) is 11.0 Å². The molecule has 0 radical (unpaired) electrons. The molecule has 6 aromatic heterocycles. The number of hydrogen-bond acceptors (Lipinski definition) is 4. The Morgan fingerprint density at radius 1 is 0.385 bits per heavy atom. The van der Waals surface area contributed by atoms with E-state index in [-0.39, 0.29) is 0 Å². The number of aromatic amines is 2. The minimum absolute atomic E-state index is 1.16. The van der Waals surface area contributed by atoms with E-state index in [9.17, 15) is 0 Å². The van der Waals surface area contributed by atoms with Crippen LogP contribution in [0.3, 0.4) is 0 Å². The average Bonchev–Trinajstić information content (AvgIpc) is 4.03. The molecule has 0 fully saturated rings. The van der Waals surface area contributed by atoms with Gasteiger partial charge in [0.1, 0.15) is 0 Å². The molecule has 11 aromatic rings. The largest absolute Gasteiger partial charge is 0.354 e. The second-order valence-electron chi connectivity index (χ2n) is 13.2. The summed E-state index contributed by atoms with van der Waals surface area (Å²) in [4.78, 5) is 15.4. The number of aromatic nitrogens is 2. The van der Waals surface area contributed by atoms with Gasteiger partial charge in [-0.05, 0) is 105 Å². The summed E-state index contributed by atoms with van der Waals surface area (Å²) in [6.45, 7) is 0. The van der Waals surface area contributed by atoms with E-state index < -0.39 is 0 Å². The van der Waals surface area contributed by atoms with Crippen LogP contribution in [-0.2, 0) is 0 Å². The maximum atomic E-state index is 3.81. The normalized spacial score (nSPS) is 12.5. The maximum absolute atomic E-state index is 3.81. The molecular weight excluding hydrogens is 709 g/mol. The van der Waals surface area contributed by atoms with E-state index in [0.29, 0.717) is 0 Å². The Balaban J connectivity index is 0.911. The van der Waals surface area contributed by atoms with Gasteiger partial charge in [-0.2, -0.15) is 0 Å². The zero-order valence-electron chi connectivity index (χ0n) is 27.6. The molecule has 0 atom stereocenters. The lowest BCUT2D eigenvalue weighted by atomic mass is 10.0. The number of H-pyrrole nitrogens is 2. The van der Waals surface area contributed by atoms with Crippen LogP contribution in [0.5, 0.6) is 0 Å². The quantitative estimate of drug-likeness (QED) is 0.170. The van der Waals surface area contributed by atoms with Gasteiger partial charge in [-0.15, -0.1) is 45.3 Å². The number of benzene rings is 5. The molecule has 0 saturated heterocycles. The van der Waals surface area contributed by atoms with Crippen molar-refractivity contribution in [2.24, 2.45) is 0 Å². The summed E-state index contributed by atoms with van der Waals surface area (Å²) in [7, 11) is 0. The number of fused-ring (bicyclic) bond motifs is 10. The van der Waals surface area contributed by atoms with E-state index in [1.807, 2.05) is 22.7 Å². The number of rotatable bonds is 6. The van der Waals surface area contributed by atoms with Gasteiger partial charge in [0.15, 0.2) is 0 Å². The molecule has 52 heavy (non-hydrogen) atoms. The fourth-order valence-electron chi connectivity index (χ4n) is 7.49. The predicted molar refractivity (Wildman–Crippen MR) is 233 cm³/mol. The second-order valence-corrected chi connectivity index (χ2v) is 17.3. The smallest absolute Gasteiger partial charge is 0.0544 e. The summed E-state index contributed by atoms with van der Waals surface area (Å²) in [5.74, 6) is 0. The summed E-state index contributed by atoms with van der Waals surface area (Å²) in [5.41, 5.74) is 7.11. The average molecular weight is 737 g/mol. The van der Waals surface area contributed by atoms with Gasteiger partial charge < -0.3 is 9.97 Å². The Labute approximate surface area is 315 Å². The Hall–Kier alpha value is -5.50. The third kappa shape index (κ3) is 5.10. The molecular formula is C46H28N2S4. The van der Waals surface area contributed by atoms with Gasteiger partial charge in [0.25, 0.3) is 0 Å². The van der Waals surface area contributed by atoms with Crippen LogP contribution in [0.4, 0.5) is 0 Å². The molecule has 0 saturated carbocycles. The molecule has 5 aromatic carbocycles. The monoisotopic (exact) mass is 736 g/mol. The van der Waals surface area contributed by atoms with Crippen molar-refractivity contribution >= 4 is 135 Å². The first-order valence-corrected chi connectivity index (χ1v) is 20.6. The van der Waals surface area contributed by atoms with Crippen LogP contribution < -0.4 is 0 Å². The molecule has 0 aliphatic heterocycles. The summed E-state index contributed by atoms with van der Waals surface area (Å²) in [5, 5.41) is 14.2. The van der Waals surface area contributed by atoms with Gasteiger partial charge in [-0.25, -0.2) is 0 Å². The fourth-order valence-corrected chi connectivity index (χ4v) is 11.0. The SMILES string of the molecule is C(=Cc1ccc(-c2cccs2)s1)c1ccc2c(ccc3c4cc5[nH]c6c7ccc(/C=C/c8ccc(-c9cccs9)s8)cc7ccc6c5cc4[nH]c23)c1. The third-order valence-corrected chi connectivity index (χ3v) is 14.2. The Morgan fingerprint density at radius 2 is 0.865 bits per heavy atom. The molecule has 0 amide bonds. The lowest BCUT2D eigenvalue weighted by Crippen LogP contribution is -1.78. The zero-order valence-corrected chi connectivity index (χ0v) is 30.9. The van der Waals surface area contributed by atoms with Crippen LogP contribution in [0.25, 0.3) is 109 Å². The van der Waals surface area contributed by atoms with Crippen molar-refractivity contribution in [1.29, 1.82) is 0 Å². The molecule has 2 nitrogen and oxygen atoms in total. The fraction of sp³-hybridized carbons (Fsp3) is 0. The van der Waals surface area contributed by atoms with Crippen molar-refractivity contribution in [2.45, 2.75) is 0 Å². The van der Waals surface area contributed by atoms with Gasteiger partial charge in [0.2, 0.25) is 0 Å². The Kier molecular flexibility index (Phi) is 6.98. The van der Waals surface area contributed by atoms with E-state index in [1.54, 1.807) is 22.7 Å². The lowest BCUT2D eigenvalue weighted by molar-refractivity contribution is 1.56. The molecule has 0 aliphatic rings. The molecule has 0 spiro atoms. The lowest BCUT2D eigenvalue weighted by Gasteiger charge is -2.02. The zero-order chi connectivity index (χ0) is 34.2. The maximum Gasteiger partial charge on any atom is 0.0544 e. The van der Waals surface area contributed by atoms with Crippen molar-refractivity contribution in [3.05, 3.63) is 153 Å². The molecule has 6 heteroatoms. The van der Waals surface area contributed by atoms with Crippen LogP contribution in [0, 0.1) is 0 Å². The first kappa shape index (κ1) is 30.2. The summed E-state index contributed by atoms with van der Waals surface area (Å²) in [6.07, 6.45) is 8.90. The van der Waals surface area contributed by atoms with Crippen molar-refractivity contribution in [1.82, 2.24) is 9.97 Å². The molecule has 11 rings (SSSR count). The summed E-state index contributed by atoms with van der Waals surface area (Å²) < 4.78 is 0. The van der Waals surface area contributed by atoms with Gasteiger partial charge in [-0.1, -0.05) is 72.8 Å². The van der Waals surface area contributed by atoms with Gasteiger partial charge in [0.05, 0.1) is 11.0 Å². The topological polar surface area (TPSA) is 31.6 Å². The summed E-state index contributed by atoms with van der Waals surface area (Å²) in [6, 6.07) is 44.7. The van der Waals surface area contributed by atoms with Crippen molar-refractivity contribution in [3.63, 3.8) is 0 Å². The van der Waals surface area contributed by atoms with Crippen LogP contribution >= 0.6 is 45.3 Å². The first-order valence-electron chi connectivity index (χ1n) is 17.2. The number of nitrogens with one attached hydrogen (secondary N) is 2. The van der Waals surface area contributed by atoms with Crippen molar-refractivity contribution in [3.8, 4) is 19.5 Å².